The quantitative estimate of drug-likeness (QED) is 0.762. The highest BCUT2D eigenvalue weighted by Gasteiger charge is 2.04. The third-order valence-electron chi connectivity index (χ3n) is 1.80. The highest BCUT2D eigenvalue weighted by atomic mass is 35.5. The standard InChI is InChI=1S/C9H6ClN5/c10-9-8(12-1-2-13-9)6-15-5-7(3-11)4-14-15/h1-2,4-5H,6H2. The lowest BCUT2D eigenvalue weighted by Gasteiger charge is -2.01. The van der Waals surface area contributed by atoms with Gasteiger partial charge in [-0.15, -0.1) is 0 Å². The third kappa shape index (κ3) is 2.11. The molecule has 0 fully saturated rings. The summed E-state index contributed by atoms with van der Waals surface area (Å²) < 4.78 is 1.59. The fourth-order valence-electron chi connectivity index (χ4n) is 1.12. The molecule has 6 heteroatoms. The molecule has 0 radical (unpaired) electrons. The second-order valence-corrected chi connectivity index (χ2v) is 3.19. The lowest BCUT2D eigenvalue weighted by molar-refractivity contribution is 0.670. The highest BCUT2D eigenvalue weighted by Crippen LogP contribution is 2.09. The third-order valence-corrected chi connectivity index (χ3v) is 2.11. The Labute approximate surface area is 91.0 Å². The summed E-state index contributed by atoms with van der Waals surface area (Å²) >= 11 is 5.84. The monoisotopic (exact) mass is 219 g/mol. The van der Waals surface area contributed by atoms with Gasteiger partial charge in [-0.25, -0.2) is 4.98 Å². The van der Waals surface area contributed by atoms with E-state index in [0.29, 0.717) is 23.0 Å². The molecular weight excluding hydrogens is 214 g/mol. The van der Waals surface area contributed by atoms with Crippen molar-refractivity contribution in [1.29, 1.82) is 5.26 Å². The molecule has 2 rings (SSSR count). The van der Waals surface area contributed by atoms with Crippen LogP contribution in [-0.2, 0) is 6.54 Å². The molecule has 15 heavy (non-hydrogen) atoms. The molecule has 74 valence electrons. The summed E-state index contributed by atoms with van der Waals surface area (Å²) in [7, 11) is 0. The average molecular weight is 220 g/mol. The van der Waals surface area contributed by atoms with E-state index in [1.165, 1.54) is 12.4 Å². The van der Waals surface area contributed by atoms with E-state index in [1.54, 1.807) is 17.1 Å². The number of nitriles is 1. The second-order valence-electron chi connectivity index (χ2n) is 2.83. The number of aromatic nitrogens is 4. The lowest BCUT2D eigenvalue weighted by atomic mass is 10.4. The van der Waals surface area contributed by atoms with E-state index >= 15 is 0 Å². The van der Waals surface area contributed by atoms with Crippen molar-refractivity contribution >= 4 is 11.6 Å². The maximum atomic E-state index is 8.61. The van der Waals surface area contributed by atoms with Crippen LogP contribution in [0, 0.1) is 11.3 Å². The highest BCUT2D eigenvalue weighted by molar-refractivity contribution is 6.29. The van der Waals surface area contributed by atoms with Crippen LogP contribution in [0.5, 0.6) is 0 Å². The van der Waals surface area contributed by atoms with Crippen LogP contribution in [0.2, 0.25) is 5.15 Å². The van der Waals surface area contributed by atoms with Crippen molar-refractivity contribution in [3.63, 3.8) is 0 Å². The van der Waals surface area contributed by atoms with E-state index in [9.17, 15) is 0 Å². The van der Waals surface area contributed by atoms with E-state index in [-0.39, 0.29) is 0 Å². The van der Waals surface area contributed by atoms with Crippen molar-refractivity contribution in [2.75, 3.05) is 0 Å². The molecule has 0 unspecified atom stereocenters. The molecule has 0 aromatic carbocycles. The summed E-state index contributed by atoms with van der Waals surface area (Å²) in [6.45, 7) is 0.411. The topological polar surface area (TPSA) is 67.4 Å². The van der Waals surface area contributed by atoms with Crippen molar-refractivity contribution in [3.05, 3.63) is 41.2 Å². The Kier molecular flexibility index (Phi) is 2.61. The molecule has 5 nitrogen and oxygen atoms in total. The summed E-state index contributed by atoms with van der Waals surface area (Å²) in [5, 5.41) is 13.0. The molecule has 0 saturated carbocycles. The largest absolute Gasteiger partial charge is 0.265 e. The van der Waals surface area contributed by atoms with Gasteiger partial charge in [-0.2, -0.15) is 10.4 Å². The van der Waals surface area contributed by atoms with Crippen LogP contribution < -0.4 is 0 Å². The number of hydrogen-bond acceptors (Lipinski definition) is 4. The maximum Gasteiger partial charge on any atom is 0.152 e. The van der Waals surface area contributed by atoms with Gasteiger partial charge in [-0.3, -0.25) is 9.67 Å². The smallest absolute Gasteiger partial charge is 0.152 e. The Balaban J connectivity index is 2.23. The van der Waals surface area contributed by atoms with E-state index < -0.39 is 0 Å². The average Bonchev–Trinajstić information content (AvgIpc) is 2.69. The summed E-state index contributed by atoms with van der Waals surface area (Å²) in [6.07, 6.45) is 6.21. The number of hydrogen-bond donors (Lipinski definition) is 0. The van der Waals surface area contributed by atoms with Crippen molar-refractivity contribution in [2.24, 2.45) is 0 Å². The summed E-state index contributed by atoms with van der Waals surface area (Å²) in [6, 6.07) is 2.00. The van der Waals surface area contributed by atoms with E-state index in [2.05, 4.69) is 15.1 Å². The molecular formula is C9H6ClN5. The van der Waals surface area contributed by atoms with E-state index in [4.69, 9.17) is 16.9 Å². The van der Waals surface area contributed by atoms with Crippen molar-refractivity contribution in [3.8, 4) is 6.07 Å². The van der Waals surface area contributed by atoms with Gasteiger partial charge in [0.25, 0.3) is 0 Å². The van der Waals surface area contributed by atoms with Crippen LogP contribution in [0.25, 0.3) is 0 Å². The number of rotatable bonds is 2. The van der Waals surface area contributed by atoms with Crippen LogP contribution in [0.4, 0.5) is 0 Å². The zero-order chi connectivity index (χ0) is 10.7. The summed E-state index contributed by atoms with van der Waals surface area (Å²) in [5.74, 6) is 0. The van der Waals surface area contributed by atoms with Crippen molar-refractivity contribution in [2.45, 2.75) is 6.54 Å². The van der Waals surface area contributed by atoms with Crippen LogP contribution in [-0.4, -0.2) is 19.7 Å². The van der Waals surface area contributed by atoms with Crippen molar-refractivity contribution < 1.29 is 0 Å². The number of halogens is 1. The Morgan fingerprint density at radius 1 is 1.40 bits per heavy atom. The predicted molar refractivity (Wildman–Crippen MR) is 53.1 cm³/mol. The Morgan fingerprint density at radius 3 is 2.87 bits per heavy atom. The van der Waals surface area contributed by atoms with Crippen molar-refractivity contribution in [1.82, 2.24) is 19.7 Å². The molecule has 2 aromatic rings. The Bertz CT molecular complexity index is 513. The van der Waals surface area contributed by atoms with Gasteiger partial charge >= 0.3 is 0 Å². The van der Waals surface area contributed by atoms with Gasteiger partial charge in [-0.05, 0) is 0 Å². The van der Waals surface area contributed by atoms with Gasteiger partial charge in [0.05, 0.1) is 24.0 Å². The molecule has 2 heterocycles. The fourth-order valence-corrected chi connectivity index (χ4v) is 1.28. The first kappa shape index (κ1) is 9.62. The zero-order valence-corrected chi connectivity index (χ0v) is 8.39. The van der Waals surface area contributed by atoms with Gasteiger partial charge in [0.2, 0.25) is 0 Å². The zero-order valence-electron chi connectivity index (χ0n) is 7.63. The van der Waals surface area contributed by atoms with Crippen LogP contribution in [0.1, 0.15) is 11.3 Å². The molecule has 0 spiro atoms. The molecule has 0 aliphatic carbocycles. The van der Waals surface area contributed by atoms with E-state index in [0.717, 1.165) is 0 Å². The summed E-state index contributed by atoms with van der Waals surface area (Å²) in [5.41, 5.74) is 1.14. The van der Waals surface area contributed by atoms with Crippen LogP contribution in [0.3, 0.4) is 0 Å². The first-order valence-electron chi connectivity index (χ1n) is 4.17. The van der Waals surface area contributed by atoms with Crippen LogP contribution in [0.15, 0.2) is 24.8 Å². The van der Waals surface area contributed by atoms with Gasteiger partial charge in [0.1, 0.15) is 6.07 Å². The van der Waals surface area contributed by atoms with E-state index in [1.807, 2.05) is 6.07 Å². The minimum Gasteiger partial charge on any atom is -0.265 e. The molecule has 2 aromatic heterocycles. The molecule has 0 saturated heterocycles. The molecule has 0 bridgehead atoms. The number of nitrogens with zero attached hydrogens (tertiary/aromatic N) is 5. The molecule has 0 aliphatic rings. The first-order valence-corrected chi connectivity index (χ1v) is 4.55. The Hall–Kier alpha value is -1.93. The molecule has 0 aliphatic heterocycles. The van der Waals surface area contributed by atoms with Gasteiger partial charge in [-0.1, -0.05) is 11.6 Å². The lowest BCUT2D eigenvalue weighted by Crippen LogP contribution is -2.03. The predicted octanol–water partition coefficient (Wildman–Crippen LogP) is 1.25. The van der Waals surface area contributed by atoms with Gasteiger partial charge in [0, 0.05) is 18.6 Å². The molecule has 0 amide bonds. The minimum absolute atomic E-state index is 0.353. The SMILES string of the molecule is N#Cc1cnn(Cc2nccnc2Cl)c1. The molecule has 0 atom stereocenters. The normalized spacial score (nSPS) is 9.87. The minimum atomic E-state index is 0.353. The first-order chi connectivity index (χ1) is 7.29. The Morgan fingerprint density at radius 2 is 2.20 bits per heavy atom. The fraction of sp³-hybridized carbons (Fsp3) is 0.111. The second kappa shape index (κ2) is 4.07. The maximum absolute atomic E-state index is 8.61. The van der Waals surface area contributed by atoms with Gasteiger partial charge in [0.15, 0.2) is 5.15 Å². The summed E-state index contributed by atoms with van der Waals surface area (Å²) in [4.78, 5) is 7.97. The molecule has 0 N–H and O–H groups in total. The van der Waals surface area contributed by atoms with Gasteiger partial charge < -0.3 is 0 Å². The van der Waals surface area contributed by atoms with Crippen LogP contribution >= 0.6 is 11.6 Å².